The molecule has 2 rings (SSSR count). The van der Waals surface area contributed by atoms with Gasteiger partial charge in [-0.05, 0) is 31.0 Å². The van der Waals surface area contributed by atoms with E-state index in [1.807, 2.05) is 0 Å². The quantitative estimate of drug-likeness (QED) is 0.710. The number of hydrogen-bond acceptors (Lipinski definition) is 1. The van der Waals surface area contributed by atoms with Crippen LogP contribution in [0.2, 0.25) is 0 Å². The van der Waals surface area contributed by atoms with Gasteiger partial charge in [0.2, 0.25) is 0 Å². The Morgan fingerprint density at radius 2 is 1.94 bits per heavy atom. The van der Waals surface area contributed by atoms with Crippen LogP contribution >= 0.6 is 11.6 Å². The first kappa shape index (κ1) is 12.3. The zero-order chi connectivity index (χ0) is 12.4. The third kappa shape index (κ3) is 2.75. The lowest BCUT2D eigenvalue weighted by Crippen LogP contribution is -2.39. The van der Waals surface area contributed by atoms with Crippen LogP contribution < -0.4 is 0 Å². The first-order valence-electron chi connectivity index (χ1n) is 5.46. The number of alkyl halides is 1. The van der Waals surface area contributed by atoms with Gasteiger partial charge < -0.3 is 4.90 Å². The molecule has 92 valence electrons. The first-order valence-corrected chi connectivity index (χ1v) is 5.90. The molecule has 1 heterocycles. The molecule has 2 nitrogen and oxygen atoms in total. The van der Waals surface area contributed by atoms with Crippen molar-refractivity contribution in [2.75, 3.05) is 13.1 Å². The standard InChI is InChI=1S/C12H12ClF2NO/c13-8-3-5-16(6-4-8)12(17)10-7-9(14)1-2-11(10)15/h1-2,7-8H,3-6H2. The molecule has 0 radical (unpaired) electrons. The van der Waals surface area contributed by atoms with Crippen molar-refractivity contribution in [3.05, 3.63) is 35.4 Å². The van der Waals surface area contributed by atoms with Gasteiger partial charge in [-0.25, -0.2) is 8.78 Å². The Labute approximate surface area is 103 Å². The smallest absolute Gasteiger partial charge is 0.256 e. The summed E-state index contributed by atoms with van der Waals surface area (Å²) in [6.45, 7) is 0.978. The van der Waals surface area contributed by atoms with Crippen LogP contribution in [0.4, 0.5) is 8.78 Å². The highest BCUT2D eigenvalue weighted by Gasteiger charge is 2.24. The van der Waals surface area contributed by atoms with Gasteiger partial charge >= 0.3 is 0 Å². The highest BCUT2D eigenvalue weighted by Crippen LogP contribution is 2.19. The van der Waals surface area contributed by atoms with Crippen LogP contribution in [0.25, 0.3) is 0 Å². The van der Waals surface area contributed by atoms with Crippen molar-refractivity contribution in [3.63, 3.8) is 0 Å². The second-order valence-electron chi connectivity index (χ2n) is 4.09. The average molecular weight is 260 g/mol. The van der Waals surface area contributed by atoms with Crippen molar-refractivity contribution < 1.29 is 13.6 Å². The topological polar surface area (TPSA) is 20.3 Å². The predicted octanol–water partition coefficient (Wildman–Crippen LogP) is 2.81. The van der Waals surface area contributed by atoms with Crippen LogP contribution in [0.5, 0.6) is 0 Å². The number of benzene rings is 1. The van der Waals surface area contributed by atoms with Gasteiger partial charge in [0, 0.05) is 18.5 Å². The molecule has 0 spiro atoms. The highest BCUT2D eigenvalue weighted by molar-refractivity contribution is 6.20. The number of likely N-dealkylation sites (tertiary alicyclic amines) is 1. The maximum atomic E-state index is 13.4. The first-order chi connectivity index (χ1) is 8.08. The summed E-state index contributed by atoms with van der Waals surface area (Å²) in [5.41, 5.74) is -0.210. The van der Waals surface area contributed by atoms with Crippen molar-refractivity contribution in [1.82, 2.24) is 4.90 Å². The molecule has 1 aromatic rings. The summed E-state index contributed by atoms with van der Waals surface area (Å²) in [4.78, 5) is 13.5. The van der Waals surface area contributed by atoms with Crippen LogP contribution in [0.15, 0.2) is 18.2 Å². The number of amides is 1. The normalized spacial score (nSPS) is 17.2. The molecule has 1 aliphatic heterocycles. The zero-order valence-electron chi connectivity index (χ0n) is 9.13. The Hall–Kier alpha value is -1.16. The molecule has 0 N–H and O–H groups in total. The molecule has 1 saturated heterocycles. The van der Waals surface area contributed by atoms with E-state index in [-0.39, 0.29) is 10.9 Å². The molecule has 0 bridgehead atoms. The van der Waals surface area contributed by atoms with E-state index in [4.69, 9.17) is 11.6 Å². The molecule has 1 fully saturated rings. The fourth-order valence-electron chi connectivity index (χ4n) is 1.88. The second kappa shape index (κ2) is 5.00. The molecular weight excluding hydrogens is 248 g/mol. The van der Waals surface area contributed by atoms with Gasteiger partial charge in [0.15, 0.2) is 0 Å². The van der Waals surface area contributed by atoms with Crippen LogP contribution in [0, 0.1) is 11.6 Å². The molecule has 1 aliphatic rings. The Kier molecular flexibility index (Phi) is 3.62. The molecule has 17 heavy (non-hydrogen) atoms. The summed E-state index contributed by atoms with van der Waals surface area (Å²) < 4.78 is 26.4. The summed E-state index contributed by atoms with van der Waals surface area (Å²) in [5, 5.41) is 0.0661. The maximum absolute atomic E-state index is 13.4. The third-order valence-electron chi connectivity index (χ3n) is 2.87. The summed E-state index contributed by atoms with van der Waals surface area (Å²) in [6.07, 6.45) is 1.37. The minimum Gasteiger partial charge on any atom is -0.338 e. The van der Waals surface area contributed by atoms with Crippen molar-refractivity contribution in [3.8, 4) is 0 Å². The number of carbonyl (C=O) groups is 1. The Bertz CT molecular complexity index is 431. The van der Waals surface area contributed by atoms with E-state index >= 15 is 0 Å². The van der Waals surface area contributed by atoms with E-state index in [1.54, 1.807) is 0 Å². The van der Waals surface area contributed by atoms with E-state index in [2.05, 4.69) is 0 Å². The van der Waals surface area contributed by atoms with Gasteiger partial charge in [-0.2, -0.15) is 0 Å². The molecule has 1 amide bonds. The molecule has 0 unspecified atom stereocenters. The monoisotopic (exact) mass is 259 g/mol. The second-order valence-corrected chi connectivity index (χ2v) is 4.71. The van der Waals surface area contributed by atoms with E-state index in [9.17, 15) is 13.6 Å². The van der Waals surface area contributed by atoms with Gasteiger partial charge in [0.1, 0.15) is 11.6 Å². The number of halogens is 3. The largest absolute Gasteiger partial charge is 0.338 e. The molecule has 5 heteroatoms. The number of nitrogens with zero attached hydrogens (tertiary/aromatic N) is 1. The molecule has 0 aliphatic carbocycles. The lowest BCUT2D eigenvalue weighted by atomic mass is 10.1. The van der Waals surface area contributed by atoms with E-state index in [1.165, 1.54) is 4.90 Å². The number of carbonyl (C=O) groups excluding carboxylic acids is 1. The van der Waals surface area contributed by atoms with Crippen molar-refractivity contribution in [2.45, 2.75) is 18.2 Å². The lowest BCUT2D eigenvalue weighted by molar-refractivity contribution is 0.0721. The van der Waals surface area contributed by atoms with Gasteiger partial charge in [0.05, 0.1) is 5.56 Å². The molecule has 0 saturated carbocycles. The lowest BCUT2D eigenvalue weighted by Gasteiger charge is -2.29. The Morgan fingerprint density at radius 3 is 2.59 bits per heavy atom. The van der Waals surface area contributed by atoms with E-state index < -0.39 is 17.5 Å². The SMILES string of the molecule is O=C(c1cc(F)ccc1F)N1CCC(Cl)CC1. The Balaban J connectivity index is 2.16. The minimum atomic E-state index is -0.690. The van der Waals surface area contributed by atoms with Gasteiger partial charge in [-0.1, -0.05) is 0 Å². The zero-order valence-corrected chi connectivity index (χ0v) is 9.88. The third-order valence-corrected chi connectivity index (χ3v) is 3.31. The Morgan fingerprint density at radius 1 is 1.29 bits per heavy atom. The fourth-order valence-corrected chi connectivity index (χ4v) is 2.08. The summed E-state index contributed by atoms with van der Waals surface area (Å²) in [5.74, 6) is -1.77. The van der Waals surface area contributed by atoms with Gasteiger partial charge in [-0.15, -0.1) is 11.6 Å². The summed E-state index contributed by atoms with van der Waals surface area (Å²) >= 11 is 5.92. The van der Waals surface area contributed by atoms with Crippen LogP contribution in [-0.4, -0.2) is 29.3 Å². The maximum Gasteiger partial charge on any atom is 0.256 e. The average Bonchev–Trinajstić information content (AvgIpc) is 2.32. The van der Waals surface area contributed by atoms with Gasteiger partial charge in [-0.3, -0.25) is 4.79 Å². The molecule has 1 aromatic carbocycles. The van der Waals surface area contributed by atoms with Crippen molar-refractivity contribution in [2.24, 2.45) is 0 Å². The summed E-state index contributed by atoms with van der Waals surface area (Å²) in [6, 6.07) is 2.90. The minimum absolute atomic E-state index is 0.0661. The molecule has 0 aromatic heterocycles. The molecule has 0 atom stereocenters. The molecular formula is C12H12ClF2NO. The summed E-state index contributed by atoms with van der Waals surface area (Å²) in [7, 11) is 0. The van der Waals surface area contributed by atoms with Crippen LogP contribution in [0.1, 0.15) is 23.2 Å². The van der Waals surface area contributed by atoms with Crippen LogP contribution in [-0.2, 0) is 0 Å². The number of hydrogen-bond donors (Lipinski definition) is 0. The number of piperidine rings is 1. The van der Waals surface area contributed by atoms with E-state index in [0.717, 1.165) is 18.2 Å². The van der Waals surface area contributed by atoms with Crippen molar-refractivity contribution in [1.29, 1.82) is 0 Å². The van der Waals surface area contributed by atoms with E-state index in [0.29, 0.717) is 25.9 Å². The number of rotatable bonds is 1. The van der Waals surface area contributed by atoms with Crippen LogP contribution in [0.3, 0.4) is 0 Å². The highest BCUT2D eigenvalue weighted by atomic mass is 35.5. The predicted molar refractivity (Wildman–Crippen MR) is 61.1 cm³/mol. The fraction of sp³-hybridized carbons (Fsp3) is 0.417. The van der Waals surface area contributed by atoms with Gasteiger partial charge in [0.25, 0.3) is 5.91 Å². The van der Waals surface area contributed by atoms with Crippen molar-refractivity contribution >= 4 is 17.5 Å².